The number of fused-ring (bicyclic) bond motifs is 1. The molecule has 3 aliphatic rings. The molecule has 2 aromatic heterocycles. The minimum atomic E-state index is -0.319. The van der Waals surface area contributed by atoms with Crippen molar-refractivity contribution in [3.05, 3.63) is 82.4 Å². The number of piperazine rings is 1. The Balaban J connectivity index is 1.41. The van der Waals surface area contributed by atoms with Gasteiger partial charge in [0.2, 0.25) is 0 Å². The van der Waals surface area contributed by atoms with Crippen LogP contribution in [0, 0.1) is 11.3 Å². The van der Waals surface area contributed by atoms with E-state index in [1.807, 2.05) is 23.1 Å². The highest BCUT2D eigenvalue weighted by Crippen LogP contribution is 2.46. The van der Waals surface area contributed by atoms with Crippen molar-refractivity contribution < 1.29 is 13.9 Å². The minimum Gasteiger partial charge on any atom is -0.472 e. The molecule has 0 N–H and O–H groups in total. The van der Waals surface area contributed by atoms with Crippen LogP contribution in [-0.2, 0) is 17.8 Å². The fraction of sp³-hybridized carbons (Fsp3) is 0.414. The highest BCUT2D eigenvalue weighted by Gasteiger charge is 2.39. The number of carbonyl (C=O) groups is 1. The van der Waals surface area contributed by atoms with E-state index in [0.717, 1.165) is 41.0 Å². The van der Waals surface area contributed by atoms with Gasteiger partial charge in [-0.3, -0.25) is 4.79 Å². The van der Waals surface area contributed by atoms with Crippen molar-refractivity contribution in [3.63, 3.8) is 0 Å². The summed E-state index contributed by atoms with van der Waals surface area (Å²) in [6, 6.07) is 14.1. The average molecular weight is 483 g/mol. The standard InChI is InChI=1S/C29H30N4O3/c1-29(2)14-22-23(15-30)27(31-26(20-8-9-20)24(22)18-36-29)32-11-12-33(28(34)21-10-13-35-17-21)25(16-32)19-6-4-3-5-7-19/h3-7,10,13,17,20,25H,8-9,11-12,14,16,18H2,1-2H3. The third kappa shape index (κ3) is 4.06. The van der Waals surface area contributed by atoms with E-state index in [1.165, 1.54) is 12.5 Å². The first kappa shape index (κ1) is 22.8. The summed E-state index contributed by atoms with van der Waals surface area (Å²) >= 11 is 0. The smallest absolute Gasteiger partial charge is 0.257 e. The monoisotopic (exact) mass is 482 g/mol. The number of hydrogen-bond donors (Lipinski definition) is 0. The van der Waals surface area contributed by atoms with E-state index in [0.29, 0.717) is 49.7 Å². The van der Waals surface area contributed by atoms with Crippen LogP contribution < -0.4 is 4.90 Å². The lowest BCUT2D eigenvalue weighted by Gasteiger charge is -2.43. The Morgan fingerprint density at radius 2 is 1.94 bits per heavy atom. The van der Waals surface area contributed by atoms with E-state index in [4.69, 9.17) is 14.1 Å². The van der Waals surface area contributed by atoms with Gasteiger partial charge in [-0.2, -0.15) is 5.26 Å². The van der Waals surface area contributed by atoms with Crippen LogP contribution >= 0.6 is 0 Å². The molecule has 4 heterocycles. The van der Waals surface area contributed by atoms with Crippen LogP contribution in [0.5, 0.6) is 0 Å². The van der Waals surface area contributed by atoms with Gasteiger partial charge in [-0.05, 0) is 43.9 Å². The Labute approximate surface area is 211 Å². The maximum absolute atomic E-state index is 13.4. The number of amides is 1. The Hall–Kier alpha value is -3.63. The van der Waals surface area contributed by atoms with Gasteiger partial charge in [0.05, 0.1) is 41.3 Å². The second kappa shape index (κ2) is 8.79. The predicted molar refractivity (Wildman–Crippen MR) is 135 cm³/mol. The molecule has 1 atom stereocenters. The molecule has 184 valence electrons. The molecule has 1 saturated heterocycles. The molecule has 1 saturated carbocycles. The Morgan fingerprint density at radius 3 is 2.64 bits per heavy atom. The molecule has 2 aliphatic heterocycles. The zero-order valence-corrected chi connectivity index (χ0v) is 20.7. The summed E-state index contributed by atoms with van der Waals surface area (Å²) in [5, 5.41) is 10.3. The third-order valence-corrected chi connectivity index (χ3v) is 7.60. The maximum Gasteiger partial charge on any atom is 0.257 e. The molecule has 7 heteroatoms. The fourth-order valence-corrected chi connectivity index (χ4v) is 5.55. The number of hydrogen-bond acceptors (Lipinski definition) is 6. The van der Waals surface area contributed by atoms with Crippen molar-refractivity contribution in [1.29, 1.82) is 5.26 Å². The quantitative estimate of drug-likeness (QED) is 0.522. The van der Waals surface area contributed by atoms with Crippen molar-refractivity contribution in [3.8, 4) is 6.07 Å². The summed E-state index contributed by atoms with van der Waals surface area (Å²) in [4.78, 5) is 22.7. The number of benzene rings is 1. The van der Waals surface area contributed by atoms with Crippen molar-refractivity contribution in [1.82, 2.24) is 9.88 Å². The van der Waals surface area contributed by atoms with Crippen LogP contribution in [0.2, 0.25) is 0 Å². The maximum atomic E-state index is 13.4. The molecule has 1 amide bonds. The summed E-state index contributed by atoms with van der Waals surface area (Å²) in [5.74, 6) is 1.16. The summed E-state index contributed by atoms with van der Waals surface area (Å²) in [7, 11) is 0. The molecule has 0 spiro atoms. The molecule has 1 aromatic carbocycles. The Morgan fingerprint density at radius 1 is 1.14 bits per heavy atom. The van der Waals surface area contributed by atoms with Crippen LogP contribution in [0.25, 0.3) is 0 Å². The first-order valence-electron chi connectivity index (χ1n) is 12.7. The van der Waals surface area contributed by atoms with Gasteiger partial charge in [0.15, 0.2) is 0 Å². The van der Waals surface area contributed by atoms with Gasteiger partial charge in [-0.1, -0.05) is 30.3 Å². The Bertz CT molecular complexity index is 1320. The summed E-state index contributed by atoms with van der Waals surface area (Å²) in [6.07, 6.45) is 5.99. The van der Waals surface area contributed by atoms with Crippen molar-refractivity contribution in [2.45, 2.75) is 57.3 Å². The first-order chi connectivity index (χ1) is 17.4. The number of anilines is 1. The van der Waals surface area contributed by atoms with Crippen LogP contribution in [0.15, 0.2) is 53.3 Å². The lowest BCUT2D eigenvalue weighted by Crippen LogP contribution is -2.51. The normalized spacial score (nSPS) is 21.1. The number of ether oxygens (including phenoxy) is 1. The highest BCUT2D eigenvalue weighted by atomic mass is 16.5. The lowest BCUT2D eigenvalue weighted by molar-refractivity contribution is -0.0407. The zero-order valence-electron chi connectivity index (χ0n) is 20.7. The van der Waals surface area contributed by atoms with Crippen LogP contribution in [0.3, 0.4) is 0 Å². The highest BCUT2D eigenvalue weighted by molar-refractivity contribution is 5.94. The SMILES string of the molecule is CC1(C)Cc2c(C#N)c(N3CCN(C(=O)c4ccoc4)C(c4ccccc4)C3)nc(C3CC3)c2CO1. The summed E-state index contributed by atoms with van der Waals surface area (Å²) in [5.41, 5.74) is 5.26. The van der Waals surface area contributed by atoms with E-state index in [1.54, 1.807) is 6.07 Å². The van der Waals surface area contributed by atoms with Gasteiger partial charge < -0.3 is 19.0 Å². The van der Waals surface area contributed by atoms with E-state index < -0.39 is 0 Å². The summed E-state index contributed by atoms with van der Waals surface area (Å²) < 4.78 is 11.3. The predicted octanol–water partition coefficient (Wildman–Crippen LogP) is 4.98. The van der Waals surface area contributed by atoms with Crippen molar-refractivity contribution in [2.75, 3.05) is 24.5 Å². The van der Waals surface area contributed by atoms with Crippen molar-refractivity contribution >= 4 is 11.7 Å². The topological polar surface area (TPSA) is 82.6 Å². The fourth-order valence-electron chi connectivity index (χ4n) is 5.55. The second-order valence-corrected chi connectivity index (χ2v) is 10.6. The molecule has 6 rings (SSSR count). The van der Waals surface area contributed by atoms with Gasteiger partial charge in [0.1, 0.15) is 18.2 Å². The zero-order chi connectivity index (χ0) is 24.9. The second-order valence-electron chi connectivity index (χ2n) is 10.6. The van der Waals surface area contributed by atoms with Crippen LogP contribution in [-0.4, -0.2) is 41.0 Å². The molecule has 0 bridgehead atoms. The first-order valence-corrected chi connectivity index (χ1v) is 12.7. The summed E-state index contributed by atoms with van der Waals surface area (Å²) in [6.45, 7) is 6.38. The van der Waals surface area contributed by atoms with E-state index in [-0.39, 0.29) is 17.6 Å². The number of nitrogens with zero attached hydrogens (tertiary/aromatic N) is 4. The number of carbonyl (C=O) groups excluding carboxylic acids is 1. The lowest BCUT2D eigenvalue weighted by atomic mass is 9.87. The van der Waals surface area contributed by atoms with Gasteiger partial charge in [0.25, 0.3) is 5.91 Å². The van der Waals surface area contributed by atoms with Gasteiger partial charge in [0, 0.05) is 37.5 Å². The molecule has 1 unspecified atom stereocenters. The molecule has 0 radical (unpaired) electrons. The van der Waals surface area contributed by atoms with Gasteiger partial charge in [-0.25, -0.2) is 4.98 Å². The minimum absolute atomic E-state index is 0.0475. The molecular formula is C29H30N4O3. The van der Waals surface area contributed by atoms with Crippen LogP contribution in [0.4, 0.5) is 5.82 Å². The number of nitriles is 1. The van der Waals surface area contributed by atoms with E-state index >= 15 is 0 Å². The molecule has 2 fully saturated rings. The van der Waals surface area contributed by atoms with Crippen molar-refractivity contribution in [2.24, 2.45) is 0 Å². The molecule has 3 aromatic rings. The number of pyridine rings is 1. The molecule has 1 aliphatic carbocycles. The van der Waals surface area contributed by atoms with E-state index in [2.05, 4.69) is 36.9 Å². The number of rotatable bonds is 4. The largest absolute Gasteiger partial charge is 0.472 e. The number of aromatic nitrogens is 1. The average Bonchev–Trinajstić information content (AvgIpc) is 3.59. The Kier molecular flexibility index (Phi) is 5.57. The molecule has 36 heavy (non-hydrogen) atoms. The van der Waals surface area contributed by atoms with Gasteiger partial charge >= 0.3 is 0 Å². The molecule has 7 nitrogen and oxygen atoms in total. The van der Waals surface area contributed by atoms with E-state index in [9.17, 15) is 10.1 Å². The van der Waals surface area contributed by atoms with Crippen LogP contribution in [0.1, 0.15) is 77.0 Å². The van der Waals surface area contributed by atoms with Gasteiger partial charge in [-0.15, -0.1) is 0 Å². The number of furan rings is 1. The third-order valence-electron chi connectivity index (χ3n) is 7.60. The molecular weight excluding hydrogens is 452 g/mol.